The average Bonchev–Trinajstić information content (AvgIpc) is 2.64. The lowest BCUT2D eigenvalue weighted by atomic mass is 10.2. The zero-order valence-electron chi connectivity index (χ0n) is 7.80. The molecule has 2 unspecified atom stereocenters. The smallest absolute Gasteiger partial charge is 0.169 e. The average molecular weight is 215 g/mol. The summed E-state index contributed by atoms with van der Waals surface area (Å²) < 4.78 is 0. The van der Waals surface area contributed by atoms with Gasteiger partial charge < -0.3 is 15.9 Å². The minimum atomic E-state index is -1.00. The number of aliphatic hydroxyl groups excluding tert-OH is 2. The van der Waals surface area contributed by atoms with Crippen LogP contribution in [-0.2, 0) is 0 Å². The van der Waals surface area contributed by atoms with Gasteiger partial charge in [0.05, 0.1) is 11.0 Å². The molecule has 0 amide bonds. The van der Waals surface area contributed by atoms with E-state index in [1.807, 2.05) is 0 Å². The number of rotatable bonds is 4. The van der Waals surface area contributed by atoms with E-state index in [0.29, 0.717) is 9.75 Å². The third-order valence-corrected chi connectivity index (χ3v) is 3.13. The molecule has 1 heterocycles. The highest BCUT2D eigenvalue weighted by atomic mass is 32.1. The van der Waals surface area contributed by atoms with Gasteiger partial charge in [-0.25, -0.2) is 0 Å². The molecule has 1 aromatic heterocycles. The van der Waals surface area contributed by atoms with Crippen LogP contribution in [0.25, 0.3) is 0 Å². The number of Topliss-reactive ketones (excluding diaryl/α,β-unsaturated/α-hetero) is 1. The van der Waals surface area contributed by atoms with Crippen LogP contribution in [0.15, 0.2) is 12.1 Å². The molecular weight excluding hydrogens is 202 g/mol. The predicted molar refractivity (Wildman–Crippen MR) is 54.3 cm³/mol. The van der Waals surface area contributed by atoms with E-state index in [1.165, 1.54) is 18.3 Å². The van der Waals surface area contributed by atoms with Crippen molar-refractivity contribution in [2.75, 3.05) is 6.54 Å². The fourth-order valence-corrected chi connectivity index (χ4v) is 1.97. The number of nitrogens with two attached hydrogens (primary N) is 1. The van der Waals surface area contributed by atoms with E-state index in [0.717, 1.165) is 0 Å². The summed E-state index contributed by atoms with van der Waals surface area (Å²) in [4.78, 5) is 12.1. The lowest BCUT2D eigenvalue weighted by Gasteiger charge is -2.13. The third-order valence-electron chi connectivity index (χ3n) is 1.87. The first-order valence-corrected chi connectivity index (χ1v) is 5.04. The van der Waals surface area contributed by atoms with Gasteiger partial charge in [-0.3, -0.25) is 4.79 Å². The first-order valence-electron chi connectivity index (χ1n) is 4.23. The summed E-state index contributed by atoms with van der Waals surface area (Å²) in [6, 6.07) is 3.26. The highest BCUT2D eigenvalue weighted by Crippen LogP contribution is 2.25. The first kappa shape index (κ1) is 11.3. The zero-order chi connectivity index (χ0) is 10.7. The molecule has 0 fully saturated rings. The lowest BCUT2D eigenvalue weighted by molar-refractivity contribution is 0.0265. The van der Waals surface area contributed by atoms with E-state index in [9.17, 15) is 15.0 Å². The Morgan fingerprint density at radius 3 is 2.64 bits per heavy atom. The Bertz CT molecular complexity index is 324. The van der Waals surface area contributed by atoms with E-state index in [4.69, 9.17) is 5.73 Å². The largest absolute Gasteiger partial charge is 0.389 e. The van der Waals surface area contributed by atoms with E-state index in [-0.39, 0.29) is 12.3 Å². The number of ketones is 1. The second-order valence-electron chi connectivity index (χ2n) is 3.01. The van der Waals surface area contributed by atoms with Crippen LogP contribution in [0.5, 0.6) is 0 Å². The summed E-state index contributed by atoms with van der Waals surface area (Å²) in [5.74, 6) is -0.0457. The molecule has 2 atom stereocenters. The summed E-state index contributed by atoms with van der Waals surface area (Å²) in [6.07, 6.45) is -1.98. The van der Waals surface area contributed by atoms with Crippen LogP contribution >= 0.6 is 11.3 Å². The molecule has 5 heteroatoms. The molecule has 0 radical (unpaired) electrons. The quantitative estimate of drug-likeness (QED) is 0.631. The summed E-state index contributed by atoms with van der Waals surface area (Å²) >= 11 is 1.18. The lowest BCUT2D eigenvalue weighted by Crippen LogP contribution is -2.26. The number of thiophene rings is 1. The van der Waals surface area contributed by atoms with Crippen LogP contribution in [0.3, 0.4) is 0 Å². The molecule has 0 saturated carbocycles. The van der Waals surface area contributed by atoms with Gasteiger partial charge in [-0.2, -0.15) is 0 Å². The maximum Gasteiger partial charge on any atom is 0.169 e. The summed E-state index contributed by atoms with van der Waals surface area (Å²) in [6.45, 7) is 1.45. The summed E-state index contributed by atoms with van der Waals surface area (Å²) in [7, 11) is 0. The van der Waals surface area contributed by atoms with Crippen molar-refractivity contribution in [1.29, 1.82) is 0 Å². The number of aliphatic hydroxyl groups is 2. The van der Waals surface area contributed by atoms with Crippen molar-refractivity contribution in [1.82, 2.24) is 0 Å². The van der Waals surface area contributed by atoms with Crippen LogP contribution in [0, 0.1) is 0 Å². The van der Waals surface area contributed by atoms with Gasteiger partial charge >= 0.3 is 0 Å². The Kier molecular flexibility index (Phi) is 3.77. The van der Waals surface area contributed by atoms with Crippen LogP contribution < -0.4 is 5.73 Å². The Morgan fingerprint density at radius 2 is 2.21 bits per heavy atom. The fourth-order valence-electron chi connectivity index (χ4n) is 1.02. The minimum Gasteiger partial charge on any atom is -0.389 e. The molecule has 14 heavy (non-hydrogen) atoms. The molecule has 0 bridgehead atoms. The second kappa shape index (κ2) is 4.65. The van der Waals surface area contributed by atoms with E-state index >= 15 is 0 Å². The van der Waals surface area contributed by atoms with Gasteiger partial charge in [-0.1, -0.05) is 0 Å². The molecule has 0 aliphatic heterocycles. The van der Waals surface area contributed by atoms with Crippen LogP contribution in [0.2, 0.25) is 0 Å². The van der Waals surface area contributed by atoms with Crippen molar-refractivity contribution in [2.45, 2.75) is 19.1 Å². The van der Waals surface area contributed by atoms with Crippen molar-refractivity contribution >= 4 is 17.1 Å². The molecule has 78 valence electrons. The van der Waals surface area contributed by atoms with Gasteiger partial charge in [0.15, 0.2) is 5.78 Å². The summed E-state index contributed by atoms with van der Waals surface area (Å²) in [5, 5.41) is 18.8. The van der Waals surface area contributed by atoms with Crippen LogP contribution in [0.1, 0.15) is 27.6 Å². The van der Waals surface area contributed by atoms with Crippen molar-refractivity contribution in [3.05, 3.63) is 21.9 Å². The minimum absolute atomic E-state index is 0.00548. The van der Waals surface area contributed by atoms with Crippen LogP contribution in [-0.4, -0.2) is 28.6 Å². The van der Waals surface area contributed by atoms with E-state index in [2.05, 4.69) is 0 Å². The Morgan fingerprint density at radius 1 is 1.57 bits per heavy atom. The number of carbonyl (C=O) groups is 1. The molecule has 4 nitrogen and oxygen atoms in total. The highest BCUT2D eigenvalue weighted by molar-refractivity contribution is 7.14. The Hall–Kier alpha value is -0.750. The zero-order valence-corrected chi connectivity index (χ0v) is 8.62. The van der Waals surface area contributed by atoms with Crippen molar-refractivity contribution < 1.29 is 15.0 Å². The molecule has 1 rings (SSSR count). The third kappa shape index (κ3) is 2.39. The molecule has 0 spiro atoms. The van der Waals surface area contributed by atoms with Gasteiger partial charge in [-0.05, 0) is 19.1 Å². The molecule has 1 aromatic rings. The van der Waals surface area contributed by atoms with Crippen molar-refractivity contribution in [3.8, 4) is 0 Å². The molecule has 0 aliphatic carbocycles. The Labute approximate surface area is 86.0 Å². The second-order valence-corrected chi connectivity index (χ2v) is 4.12. The molecule has 0 aromatic carbocycles. The molecule has 4 N–H and O–H groups in total. The monoisotopic (exact) mass is 215 g/mol. The normalized spacial score (nSPS) is 15.1. The molecule has 0 aliphatic rings. The van der Waals surface area contributed by atoms with Crippen LogP contribution in [0.4, 0.5) is 0 Å². The standard InChI is InChI=1S/C9H13NO3S/c1-5(11)7-2-3-8(14-7)9(13)6(12)4-10/h2-3,6,9,12-13H,4,10H2,1H3. The van der Waals surface area contributed by atoms with Crippen molar-refractivity contribution in [2.24, 2.45) is 5.73 Å². The number of carbonyl (C=O) groups excluding carboxylic acids is 1. The van der Waals surface area contributed by atoms with Gasteiger partial charge in [0, 0.05) is 11.4 Å². The number of hydrogen-bond acceptors (Lipinski definition) is 5. The molecular formula is C9H13NO3S. The first-order chi connectivity index (χ1) is 6.56. The maximum atomic E-state index is 11.0. The summed E-state index contributed by atoms with van der Waals surface area (Å²) in [5.41, 5.74) is 5.20. The predicted octanol–water partition coefficient (Wildman–Crippen LogP) is 0.304. The molecule has 0 saturated heterocycles. The topological polar surface area (TPSA) is 83.5 Å². The van der Waals surface area contributed by atoms with E-state index < -0.39 is 12.2 Å². The highest BCUT2D eigenvalue weighted by Gasteiger charge is 2.19. The van der Waals surface area contributed by atoms with Crippen molar-refractivity contribution in [3.63, 3.8) is 0 Å². The maximum absolute atomic E-state index is 11.0. The van der Waals surface area contributed by atoms with Gasteiger partial charge in [-0.15, -0.1) is 11.3 Å². The van der Waals surface area contributed by atoms with Gasteiger partial charge in [0.25, 0.3) is 0 Å². The van der Waals surface area contributed by atoms with E-state index in [1.54, 1.807) is 12.1 Å². The van der Waals surface area contributed by atoms with Gasteiger partial charge in [0.2, 0.25) is 0 Å². The SMILES string of the molecule is CC(=O)c1ccc(C(O)C(O)CN)s1. The van der Waals surface area contributed by atoms with Gasteiger partial charge in [0.1, 0.15) is 6.10 Å². The fraction of sp³-hybridized carbons (Fsp3) is 0.444. The number of hydrogen-bond donors (Lipinski definition) is 3. The Balaban J connectivity index is 2.81.